The van der Waals surface area contributed by atoms with Crippen molar-refractivity contribution in [2.45, 2.75) is 44.6 Å². The minimum absolute atomic E-state index is 0.0502. The van der Waals surface area contributed by atoms with Gasteiger partial charge >= 0.3 is 0 Å². The summed E-state index contributed by atoms with van der Waals surface area (Å²) in [4.78, 5) is 30.9. The van der Waals surface area contributed by atoms with Gasteiger partial charge in [0.05, 0.1) is 12.1 Å². The van der Waals surface area contributed by atoms with Gasteiger partial charge in [-0.3, -0.25) is 14.5 Å². The summed E-state index contributed by atoms with van der Waals surface area (Å²) < 4.78 is 5.21. The second-order valence-electron chi connectivity index (χ2n) is 9.20. The monoisotopic (exact) mass is 483 g/mol. The molecular formula is C27H34ClN3O3. The zero-order valence-electron chi connectivity index (χ0n) is 19.8. The molecule has 1 atom stereocenters. The first-order chi connectivity index (χ1) is 16.6. The van der Waals surface area contributed by atoms with Gasteiger partial charge in [-0.1, -0.05) is 54.8 Å². The Morgan fingerprint density at radius 2 is 1.65 bits per heavy atom. The number of ether oxygens (including phenoxy) is 1. The molecule has 2 heterocycles. The van der Waals surface area contributed by atoms with Crippen LogP contribution in [0.2, 0.25) is 5.02 Å². The van der Waals surface area contributed by atoms with E-state index in [2.05, 4.69) is 15.1 Å². The molecule has 4 rings (SSSR count). The summed E-state index contributed by atoms with van der Waals surface area (Å²) in [5.74, 6) is 0.810. The van der Waals surface area contributed by atoms with Crippen molar-refractivity contribution in [1.82, 2.24) is 9.80 Å². The summed E-state index contributed by atoms with van der Waals surface area (Å²) in [6.45, 7) is 3.19. The van der Waals surface area contributed by atoms with E-state index in [-0.39, 0.29) is 11.8 Å². The molecule has 0 radical (unpaired) electrons. The molecule has 2 aromatic rings. The van der Waals surface area contributed by atoms with Crippen molar-refractivity contribution in [3.8, 4) is 5.75 Å². The van der Waals surface area contributed by atoms with E-state index in [1.54, 1.807) is 25.3 Å². The molecular weight excluding hydrogens is 450 g/mol. The second kappa shape index (κ2) is 11.7. The van der Waals surface area contributed by atoms with Crippen LogP contribution in [0.1, 0.15) is 50.1 Å². The molecule has 2 fully saturated rings. The molecule has 0 saturated carbocycles. The van der Waals surface area contributed by atoms with Crippen molar-refractivity contribution in [1.29, 1.82) is 0 Å². The normalized spacial score (nSPS) is 18.7. The Labute approximate surface area is 207 Å². The van der Waals surface area contributed by atoms with Crippen molar-refractivity contribution < 1.29 is 14.3 Å². The second-order valence-corrected chi connectivity index (χ2v) is 9.61. The first-order valence-corrected chi connectivity index (χ1v) is 12.7. The SMILES string of the molecule is COc1ccc(NC(=O)[C@H](c2ccccc2)N2CCC(C(=O)N3CCCCCC3)CC2)cc1Cl. The molecule has 2 aromatic carbocycles. The number of rotatable bonds is 6. The number of amides is 2. The van der Waals surface area contributed by atoms with Crippen molar-refractivity contribution in [2.24, 2.45) is 5.92 Å². The van der Waals surface area contributed by atoms with Crippen molar-refractivity contribution in [3.05, 3.63) is 59.1 Å². The Balaban J connectivity index is 1.45. The number of piperidine rings is 1. The standard InChI is InChI=1S/C27H34ClN3O3/c1-34-24-12-11-22(19-23(24)28)29-26(32)25(20-9-5-4-6-10-20)30-17-13-21(14-18-30)27(33)31-15-7-2-3-8-16-31/h4-6,9-12,19,21,25H,2-3,7-8,13-18H2,1H3,(H,29,32)/t25-/m0/s1. The summed E-state index contributed by atoms with van der Waals surface area (Å²) in [6.07, 6.45) is 6.21. The van der Waals surface area contributed by atoms with E-state index in [1.165, 1.54) is 12.8 Å². The zero-order chi connectivity index (χ0) is 23.9. The largest absolute Gasteiger partial charge is 0.495 e. The van der Waals surface area contributed by atoms with Crippen LogP contribution >= 0.6 is 11.6 Å². The maximum atomic E-state index is 13.5. The van der Waals surface area contributed by atoms with E-state index in [0.29, 0.717) is 35.5 Å². The van der Waals surface area contributed by atoms with E-state index in [4.69, 9.17) is 16.3 Å². The van der Waals surface area contributed by atoms with E-state index in [1.807, 2.05) is 30.3 Å². The van der Waals surface area contributed by atoms with Gasteiger partial charge in [-0.05, 0) is 62.5 Å². The Bertz CT molecular complexity index is 968. The Kier molecular flexibility index (Phi) is 8.46. The number of hydrogen-bond acceptors (Lipinski definition) is 4. The first-order valence-electron chi connectivity index (χ1n) is 12.3. The molecule has 182 valence electrons. The van der Waals surface area contributed by atoms with E-state index in [9.17, 15) is 9.59 Å². The first kappa shape index (κ1) is 24.6. The molecule has 0 unspecified atom stereocenters. The number of halogens is 1. The average Bonchev–Trinajstić information content (AvgIpc) is 3.15. The highest BCUT2D eigenvalue weighted by atomic mass is 35.5. The Morgan fingerprint density at radius 3 is 2.26 bits per heavy atom. The van der Waals surface area contributed by atoms with Crippen LogP contribution < -0.4 is 10.1 Å². The fourth-order valence-corrected chi connectivity index (χ4v) is 5.33. The molecule has 2 amide bonds. The number of nitrogens with zero attached hydrogens (tertiary/aromatic N) is 2. The molecule has 0 aliphatic carbocycles. The fraction of sp³-hybridized carbons (Fsp3) is 0.481. The maximum Gasteiger partial charge on any atom is 0.246 e. The van der Waals surface area contributed by atoms with Crippen LogP contribution in [0.15, 0.2) is 48.5 Å². The molecule has 2 saturated heterocycles. The molecule has 6 nitrogen and oxygen atoms in total. The predicted molar refractivity (Wildman–Crippen MR) is 135 cm³/mol. The molecule has 2 aliphatic heterocycles. The van der Waals surface area contributed by atoms with Gasteiger partial charge in [0.2, 0.25) is 11.8 Å². The summed E-state index contributed by atoms with van der Waals surface area (Å²) in [5.41, 5.74) is 1.57. The van der Waals surface area contributed by atoms with E-state index >= 15 is 0 Å². The molecule has 0 spiro atoms. The lowest BCUT2D eigenvalue weighted by Gasteiger charge is -2.38. The number of benzene rings is 2. The molecule has 1 N–H and O–H groups in total. The molecule has 0 aromatic heterocycles. The van der Waals surface area contributed by atoms with E-state index in [0.717, 1.165) is 44.3 Å². The van der Waals surface area contributed by atoms with E-state index < -0.39 is 6.04 Å². The highest BCUT2D eigenvalue weighted by molar-refractivity contribution is 6.32. The third-order valence-corrected chi connectivity index (χ3v) is 7.24. The van der Waals surface area contributed by atoms with Gasteiger partial charge in [-0.2, -0.15) is 0 Å². The van der Waals surface area contributed by atoms with Crippen LogP contribution in [0.4, 0.5) is 5.69 Å². The van der Waals surface area contributed by atoms with Gasteiger partial charge in [0.15, 0.2) is 0 Å². The van der Waals surface area contributed by atoms with Crippen LogP contribution in [0, 0.1) is 5.92 Å². The number of likely N-dealkylation sites (tertiary alicyclic amines) is 2. The van der Waals surface area contributed by atoms with Crippen LogP contribution in [0.25, 0.3) is 0 Å². The van der Waals surface area contributed by atoms with Gasteiger partial charge in [0, 0.05) is 24.7 Å². The minimum Gasteiger partial charge on any atom is -0.495 e. The molecule has 34 heavy (non-hydrogen) atoms. The van der Waals surface area contributed by atoms with Crippen molar-refractivity contribution in [3.63, 3.8) is 0 Å². The topological polar surface area (TPSA) is 61.9 Å². The molecule has 7 heteroatoms. The minimum atomic E-state index is -0.434. The Hall–Kier alpha value is -2.57. The fourth-order valence-electron chi connectivity index (χ4n) is 5.07. The smallest absolute Gasteiger partial charge is 0.246 e. The highest BCUT2D eigenvalue weighted by Crippen LogP contribution is 2.31. The van der Waals surface area contributed by atoms with Crippen molar-refractivity contribution in [2.75, 3.05) is 38.6 Å². The third kappa shape index (κ3) is 5.91. The summed E-state index contributed by atoms with van der Waals surface area (Å²) in [7, 11) is 1.56. The number of hydrogen-bond donors (Lipinski definition) is 1. The van der Waals surface area contributed by atoms with Crippen LogP contribution in [0.5, 0.6) is 5.75 Å². The lowest BCUT2D eigenvalue weighted by Crippen LogP contribution is -2.46. The number of carbonyl (C=O) groups excluding carboxylic acids is 2. The predicted octanol–water partition coefficient (Wildman–Crippen LogP) is 5.14. The van der Waals surface area contributed by atoms with Crippen LogP contribution in [-0.2, 0) is 9.59 Å². The summed E-state index contributed by atoms with van der Waals surface area (Å²) in [5, 5.41) is 3.48. The van der Waals surface area contributed by atoms with Crippen LogP contribution in [0.3, 0.4) is 0 Å². The third-order valence-electron chi connectivity index (χ3n) is 6.94. The lowest BCUT2D eigenvalue weighted by atomic mass is 9.92. The zero-order valence-corrected chi connectivity index (χ0v) is 20.6. The molecule has 0 bridgehead atoms. The number of anilines is 1. The summed E-state index contributed by atoms with van der Waals surface area (Å²) >= 11 is 6.26. The van der Waals surface area contributed by atoms with Gasteiger partial charge < -0.3 is 15.0 Å². The maximum absolute atomic E-state index is 13.5. The summed E-state index contributed by atoms with van der Waals surface area (Å²) in [6, 6.07) is 14.6. The number of carbonyl (C=O) groups is 2. The average molecular weight is 484 g/mol. The van der Waals surface area contributed by atoms with Crippen LogP contribution in [-0.4, -0.2) is 54.9 Å². The molecule has 2 aliphatic rings. The Morgan fingerprint density at radius 1 is 0.971 bits per heavy atom. The number of methoxy groups -OCH3 is 1. The number of nitrogens with one attached hydrogen (secondary N) is 1. The highest BCUT2D eigenvalue weighted by Gasteiger charge is 2.34. The lowest BCUT2D eigenvalue weighted by molar-refractivity contribution is -0.137. The quantitative estimate of drug-likeness (QED) is 0.617. The van der Waals surface area contributed by atoms with Gasteiger partial charge in [-0.25, -0.2) is 0 Å². The van der Waals surface area contributed by atoms with Gasteiger partial charge in [0.25, 0.3) is 0 Å². The van der Waals surface area contributed by atoms with Gasteiger partial charge in [0.1, 0.15) is 11.8 Å². The van der Waals surface area contributed by atoms with Gasteiger partial charge in [-0.15, -0.1) is 0 Å². The van der Waals surface area contributed by atoms with Crippen molar-refractivity contribution >= 4 is 29.1 Å².